The van der Waals surface area contributed by atoms with Gasteiger partial charge < -0.3 is 19.4 Å². The van der Waals surface area contributed by atoms with Gasteiger partial charge in [-0.05, 0) is 55.0 Å². The van der Waals surface area contributed by atoms with E-state index >= 15 is 0 Å². The molecule has 0 radical (unpaired) electrons. The van der Waals surface area contributed by atoms with Crippen LogP contribution in [0.4, 0.5) is 5.69 Å². The Hall–Kier alpha value is -3.19. The molecule has 0 saturated heterocycles. The highest BCUT2D eigenvalue weighted by molar-refractivity contribution is 7.99. The van der Waals surface area contributed by atoms with Crippen molar-refractivity contribution >= 4 is 29.3 Å². The molecule has 0 aliphatic heterocycles. The van der Waals surface area contributed by atoms with E-state index in [4.69, 9.17) is 9.47 Å². The molecule has 1 heterocycles. The van der Waals surface area contributed by atoms with Crippen LogP contribution in [0.5, 0.6) is 5.75 Å². The summed E-state index contributed by atoms with van der Waals surface area (Å²) in [7, 11) is 2.99. The standard InChI is InChI=1S/C24H26N2O4S/c1-4-26-20(14-17-8-11-21(29-2)12-9-17)10-13-23(26)31-16-22(27)25-19-7-5-6-18(15-19)24(28)30-3/h5-13,15H,4,14,16H2,1-3H3,(H,25,27). The average molecular weight is 439 g/mol. The van der Waals surface area contributed by atoms with Gasteiger partial charge in [0.15, 0.2) is 0 Å². The molecule has 3 rings (SSSR count). The second kappa shape index (κ2) is 10.7. The molecule has 0 spiro atoms. The van der Waals surface area contributed by atoms with Gasteiger partial charge in [-0.3, -0.25) is 4.79 Å². The Balaban J connectivity index is 1.61. The monoisotopic (exact) mass is 438 g/mol. The number of benzene rings is 2. The first-order chi connectivity index (χ1) is 15.0. The molecule has 1 amide bonds. The lowest BCUT2D eigenvalue weighted by Gasteiger charge is -2.12. The summed E-state index contributed by atoms with van der Waals surface area (Å²) in [5.74, 6) is 0.547. The number of methoxy groups -OCH3 is 2. The number of nitrogens with zero attached hydrogens (tertiary/aromatic N) is 1. The molecule has 6 nitrogen and oxygen atoms in total. The molecule has 162 valence electrons. The van der Waals surface area contributed by atoms with E-state index in [0.29, 0.717) is 11.3 Å². The number of hydrogen-bond acceptors (Lipinski definition) is 5. The number of esters is 1. The molecule has 0 saturated carbocycles. The Morgan fingerprint density at radius 2 is 1.81 bits per heavy atom. The number of ether oxygens (including phenoxy) is 2. The van der Waals surface area contributed by atoms with Crippen molar-refractivity contribution in [1.82, 2.24) is 4.57 Å². The van der Waals surface area contributed by atoms with E-state index in [0.717, 1.165) is 23.7 Å². The zero-order valence-electron chi connectivity index (χ0n) is 17.9. The third kappa shape index (κ3) is 5.92. The Bertz CT molecular complexity index is 1040. The third-order valence-corrected chi connectivity index (χ3v) is 5.87. The van der Waals surface area contributed by atoms with Crippen LogP contribution in [0.3, 0.4) is 0 Å². The first-order valence-electron chi connectivity index (χ1n) is 9.96. The van der Waals surface area contributed by atoms with Crippen molar-refractivity contribution in [3.63, 3.8) is 0 Å². The summed E-state index contributed by atoms with van der Waals surface area (Å²) in [6.45, 7) is 2.92. The topological polar surface area (TPSA) is 69.6 Å². The summed E-state index contributed by atoms with van der Waals surface area (Å²) in [4.78, 5) is 24.1. The van der Waals surface area contributed by atoms with Crippen molar-refractivity contribution in [2.45, 2.75) is 24.9 Å². The van der Waals surface area contributed by atoms with Crippen LogP contribution in [0.2, 0.25) is 0 Å². The minimum atomic E-state index is -0.435. The van der Waals surface area contributed by atoms with Crippen LogP contribution in [0, 0.1) is 0 Å². The van der Waals surface area contributed by atoms with Gasteiger partial charge in [0.25, 0.3) is 0 Å². The lowest BCUT2D eigenvalue weighted by Crippen LogP contribution is -2.15. The second-order valence-electron chi connectivity index (χ2n) is 6.84. The molecule has 0 aliphatic carbocycles. The second-order valence-corrected chi connectivity index (χ2v) is 7.84. The molecule has 0 unspecified atom stereocenters. The number of carbonyl (C=O) groups excluding carboxylic acids is 2. The summed E-state index contributed by atoms with van der Waals surface area (Å²) < 4.78 is 12.2. The van der Waals surface area contributed by atoms with E-state index in [1.54, 1.807) is 31.4 Å². The average Bonchev–Trinajstić information content (AvgIpc) is 3.19. The Morgan fingerprint density at radius 3 is 2.48 bits per heavy atom. The highest BCUT2D eigenvalue weighted by atomic mass is 32.2. The van der Waals surface area contributed by atoms with Crippen LogP contribution >= 0.6 is 11.8 Å². The lowest BCUT2D eigenvalue weighted by molar-refractivity contribution is -0.113. The van der Waals surface area contributed by atoms with Gasteiger partial charge in [-0.1, -0.05) is 30.0 Å². The van der Waals surface area contributed by atoms with E-state index in [2.05, 4.69) is 41.1 Å². The quantitative estimate of drug-likeness (QED) is 0.390. The molecule has 1 aromatic heterocycles. The Kier molecular flexibility index (Phi) is 7.78. The number of hydrogen-bond donors (Lipinski definition) is 1. The summed E-state index contributed by atoms with van der Waals surface area (Å²) in [6.07, 6.45) is 0.810. The van der Waals surface area contributed by atoms with E-state index in [1.807, 2.05) is 12.1 Å². The molecule has 0 bridgehead atoms. The maximum atomic E-state index is 12.4. The van der Waals surface area contributed by atoms with Crippen molar-refractivity contribution in [1.29, 1.82) is 0 Å². The summed E-state index contributed by atoms with van der Waals surface area (Å²) in [5, 5.41) is 3.88. The van der Waals surface area contributed by atoms with Crippen molar-refractivity contribution in [2.75, 3.05) is 25.3 Å². The molecule has 2 aromatic carbocycles. The van der Waals surface area contributed by atoms with Gasteiger partial charge in [0.2, 0.25) is 5.91 Å². The molecule has 0 aliphatic rings. The van der Waals surface area contributed by atoms with Crippen LogP contribution < -0.4 is 10.1 Å². The van der Waals surface area contributed by atoms with E-state index in [-0.39, 0.29) is 11.7 Å². The van der Waals surface area contributed by atoms with Gasteiger partial charge >= 0.3 is 5.97 Å². The highest BCUT2D eigenvalue weighted by Gasteiger charge is 2.12. The number of rotatable bonds is 9. The molecule has 3 aromatic rings. The highest BCUT2D eigenvalue weighted by Crippen LogP contribution is 2.24. The Morgan fingerprint density at radius 1 is 1.03 bits per heavy atom. The predicted molar refractivity (Wildman–Crippen MR) is 123 cm³/mol. The lowest BCUT2D eigenvalue weighted by atomic mass is 10.1. The van der Waals surface area contributed by atoms with E-state index in [1.165, 1.54) is 30.1 Å². The maximum absolute atomic E-state index is 12.4. The zero-order valence-corrected chi connectivity index (χ0v) is 18.7. The van der Waals surface area contributed by atoms with Gasteiger partial charge in [0.1, 0.15) is 5.75 Å². The fourth-order valence-electron chi connectivity index (χ4n) is 3.26. The van der Waals surface area contributed by atoms with Crippen LogP contribution in [-0.2, 0) is 22.5 Å². The zero-order chi connectivity index (χ0) is 22.2. The normalized spacial score (nSPS) is 10.5. The number of amides is 1. The summed E-state index contributed by atoms with van der Waals surface area (Å²) >= 11 is 1.49. The first-order valence-corrected chi connectivity index (χ1v) is 10.9. The maximum Gasteiger partial charge on any atom is 0.337 e. The van der Waals surface area contributed by atoms with Gasteiger partial charge in [-0.15, -0.1) is 0 Å². The van der Waals surface area contributed by atoms with Crippen molar-refractivity contribution in [3.8, 4) is 5.75 Å². The van der Waals surface area contributed by atoms with Crippen molar-refractivity contribution in [2.24, 2.45) is 0 Å². The smallest absolute Gasteiger partial charge is 0.337 e. The number of anilines is 1. The van der Waals surface area contributed by atoms with Crippen LogP contribution in [-0.4, -0.2) is 36.4 Å². The number of carbonyl (C=O) groups is 2. The predicted octanol–water partition coefficient (Wildman–Crippen LogP) is 4.62. The number of aromatic nitrogens is 1. The number of nitrogens with one attached hydrogen (secondary N) is 1. The minimum Gasteiger partial charge on any atom is -0.497 e. The number of thioether (sulfide) groups is 1. The fraction of sp³-hybridized carbons (Fsp3) is 0.250. The minimum absolute atomic E-state index is 0.132. The van der Waals surface area contributed by atoms with Crippen molar-refractivity contribution in [3.05, 3.63) is 77.5 Å². The van der Waals surface area contributed by atoms with Gasteiger partial charge in [0.05, 0.1) is 30.6 Å². The molecule has 7 heteroatoms. The summed E-state index contributed by atoms with van der Waals surface area (Å²) in [5.41, 5.74) is 3.37. The first kappa shape index (κ1) is 22.5. The molecular weight excluding hydrogens is 412 g/mol. The molecule has 0 fully saturated rings. The SMILES string of the molecule is CCn1c(Cc2ccc(OC)cc2)ccc1SCC(=O)Nc1cccc(C(=O)OC)c1. The van der Waals surface area contributed by atoms with Gasteiger partial charge in [-0.2, -0.15) is 0 Å². The molecular formula is C24H26N2O4S. The van der Waals surface area contributed by atoms with Crippen LogP contribution in [0.15, 0.2) is 65.7 Å². The molecule has 31 heavy (non-hydrogen) atoms. The third-order valence-electron chi connectivity index (χ3n) is 4.81. The van der Waals surface area contributed by atoms with Crippen LogP contribution in [0.1, 0.15) is 28.5 Å². The molecule has 0 atom stereocenters. The largest absolute Gasteiger partial charge is 0.497 e. The fourth-order valence-corrected chi connectivity index (χ4v) is 4.18. The van der Waals surface area contributed by atoms with Crippen LogP contribution in [0.25, 0.3) is 0 Å². The van der Waals surface area contributed by atoms with Crippen molar-refractivity contribution < 1.29 is 19.1 Å². The van der Waals surface area contributed by atoms with E-state index < -0.39 is 5.97 Å². The Labute approximate surface area is 186 Å². The van der Waals surface area contributed by atoms with E-state index in [9.17, 15) is 9.59 Å². The summed E-state index contributed by atoms with van der Waals surface area (Å²) in [6, 6.07) is 18.9. The molecule has 1 N–H and O–H groups in total. The van der Waals surface area contributed by atoms with Gasteiger partial charge in [0, 0.05) is 24.3 Å². The van der Waals surface area contributed by atoms with Gasteiger partial charge in [-0.25, -0.2) is 4.79 Å².